The molecule has 2 bridgehead atoms. The number of aromatic nitrogens is 1. The second-order valence-electron chi connectivity index (χ2n) is 7.41. The number of nitriles is 1. The number of rotatable bonds is 3. The maximum Gasteiger partial charge on any atom is 0.101 e. The first-order chi connectivity index (χ1) is 12.2. The minimum atomic E-state index is -0.872. The molecule has 2 unspecified atom stereocenters. The van der Waals surface area contributed by atoms with E-state index >= 15 is 0 Å². The Morgan fingerprint density at radius 2 is 1.88 bits per heavy atom. The van der Waals surface area contributed by atoms with Crippen molar-refractivity contribution in [2.75, 3.05) is 0 Å². The van der Waals surface area contributed by atoms with Gasteiger partial charge in [-0.3, -0.25) is 9.88 Å². The number of nitrogens with zero attached hydrogens (tertiary/aromatic N) is 3. The third-order valence-corrected chi connectivity index (χ3v) is 5.77. The van der Waals surface area contributed by atoms with Gasteiger partial charge in [-0.05, 0) is 37.3 Å². The van der Waals surface area contributed by atoms with Gasteiger partial charge in [-0.1, -0.05) is 36.8 Å². The highest BCUT2D eigenvalue weighted by Gasteiger charge is 2.46. The third-order valence-electron chi connectivity index (χ3n) is 5.77. The monoisotopic (exact) mass is 333 g/mol. The molecule has 0 aliphatic carbocycles. The van der Waals surface area contributed by atoms with E-state index in [4.69, 9.17) is 5.26 Å². The van der Waals surface area contributed by atoms with E-state index in [9.17, 15) is 5.11 Å². The molecule has 4 rings (SSSR count). The second kappa shape index (κ2) is 6.59. The van der Waals surface area contributed by atoms with Gasteiger partial charge in [0.1, 0.15) is 6.07 Å². The fourth-order valence-electron chi connectivity index (χ4n) is 4.56. The van der Waals surface area contributed by atoms with Crippen molar-refractivity contribution in [3.8, 4) is 6.07 Å². The molecule has 0 radical (unpaired) electrons. The summed E-state index contributed by atoms with van der Waals surface area (Å²) in [5.74, 6) is 0. The zero-order valence-corrected chi connectivity index (χ0v) is 14.3. The van der Waals surface area contributed by atoms with Crippen molar-refractivity contribution in [2.24, 2.45) is 0 Å². The molecular formula is C21H23N3O. The lowest BCUT2D eigenvalue weighted by Gasteiger charge is -2.52. The van der Waals surface area contributed by atoms with E-state index in [2.05, 4.69) is 46.3 Å². The number of benzene rings is 1. The van der Waals surface area contributed by atoms with Gasteiger partial charge in [-0.25, -0.2) is 0 Å². The topological polar surface area (TPSA) is 60.1 Å². The van der Waals surface area contributed by atoms with Crippen molar-refractivity contribution in [1.29, 1.82) is 5.26 Å². The highest BCUT2D eigenvalue weighted by Crippen LogP contribution is 2.44. The molecule has 0 spiro atoms. The molecule has 1 aromatic carbocycles. The number of fused-ring (bicyclic) bond motifs is 2. The molecule has 2 fully saturated rings. The predicted molar refractivity (Wildman–Crippen MR) is 95.5 cm³/mol. The van der Waals surface area contributed by atoms with Crippen molar-refractivity contribution in [2.45, 2.75) is 56.3 Å². The quantitative estimate of drug-likeness (QED) is 0.936. The summed E-state index contributed by atoms with van der Waals surface area (Å²) in [5, 5.41) is 20.5. The van der Waals surface area contributed by atoms with E-state index in [0.29, 0.717) is 30.5 Å². The average Bonchev–Trinajstić information content (AvgIpc) is 2.64. The number of hydrogen-bond donors (Lipinski definition) is 1. The van der Waals surface area contributed by atoms with Gasteiger partial charge in [0.15, 0.2) is 0 Å². The normalized spacial score (nSPS) is 29.1. The van der Waals surface area contributed by atoms with Gasteiger partial charge in [-0.2, -0.15) is 5.26 Å². The van der Waals surface area contributed by atoms with Gasteiger partial charge >= 0.3 is 0 Å². The van der Waals surface area contributed by atoms with Crippen LogP contribution < -0.4 is 0 Å². The fraction of sp³-hybridized carbons (Fsp3) is 0.429. The van der Waals surface area contributed by atoms with Crippen LogP contribution >= 0.6 is 0 Å². The summed E-state index contributed by atoms with van der Waals surface area (Å²) in [6.45, 7) is 0.947. The lowest BCUT2D eigenvalue weighted by atomic mass is 9.72. The van der Waals surface area contributed by atoms with Crippen LogP contribution in [0.1, 0.15) is 48.8 Å². The molecule has 2 atom stereocenters. The van der Waals surface area contributed by atoms with Crippen LogP contribution in [-0.2, 0) is 12.1 Å². The molecular weight excluding hydrogens is 310 g/mol. The zero-order chi connectivity index (χ0) is 17.3. The smallest absolute Gasteiger partial charge is 0.101 e. The fourth-order valence-corrected chi connectivity index (χ4v) is 4.56. The molecule has 128 valence electrons. The second-order valence-corrected chi connectivity index (χ2v) is 7.41. The molecule has 2 saturated heterocycles. The Morgan fingerprint density at radius 3 is 2.56 bits per heavy atom. The van der Waals surface area contributed by atoms with E-state index in [0.717, 1.165) is 24.9 Å². The Kier molecular flexibility index (Phi) is 4.29. The minimum Gasteiger partial charge on any atom is -0.385 e. The Bertz CT molecular complexity index is 769. The summed E-state index contributed by atoms with van der Waals surface area (Å²) >= 11 is 0. The number of aliphatic hydroxyl groups is 1. The number of piperidine rings is 2. The minimum absolute atomic E-state index is 0.378. The summed E-state index contributed by atoms with van der Waals surface area (Å²) in [5.41, 5.74) is 1.77. The van der Waals surface area contributed by atoms with Gasteiger partial charge in [0.2, 0.25) is 0 Å². The molecule has 1 N–H and O–H groups in total. The summed E-state index contributed by atoms with van der Waals surface area (Å²) < 4.78 is 0. The van der Waals surface area contributed by atoms with E-state index < -0.39 is 5.60 Å². The van der Waals surface area contributed by atoms with Crippen molar-refractivity contribution in [3.05, 3.63) is 65.5 Å². The highest BCUT2D eigenvalue weighted by atomic mass is 16.3. The molecule has 2 aromatic rings. The van der Waals surface area contributed by atoms with Crippen LogP contribution in [0.4, 0.5) is 0 Å². The molecule has 0 saturated carbocycles. The summed E-state index contributed by atoms with van der Waals surface area (Å²) in [6.07, 6.45) is 8.18. The Balaban J connectivity index is 1.59. The van der Waals surface area contributed by atoms with Gasteiger partial charge in [-0.15, -0.1) is 0 Å². The first-order valence-electron chi connectivity index (χ1n) is 9.06. The Labute approximate surface area is 148 Å². The average molecular weight is 333 g/mol. The van der Waals surface area contributed by atoms with Gasteiger partial charge in [0, 0.05) is 36.6 Å². The molecule has 3 heterocycles. The van der Waals surface area contributed by atoms with Gasteiger partial charge in [0.05, 0.1) is 11.2 Å². The zero-order valence-electron chi connectivity index (χ0n) is 14.3. The molecule has 4 nitrogen and oxygen atoms in total. The summed E-state index contributed by atoms with van der Waals surface area (Å²) in [4.78, 5) is 6.74. The largest absolute Gasteiger partial charge is 0.385 e. The van der Waals surface area contributed by atoms with Crippen LogP contribution in [0.3, 0.4) is 0 Å². The first-order valence-corrected chi connectivity index (χ1v) is 9.06. The van der Waals surface area contributed by atoms with Crippen LogP contribution in [0, 0.1) is 11.3 Å². The molecule has 0 amide bonds. The van der Waals surface area contributed by atoms with E-state index in [1.165, 1.54) is 12.0 Å². The summed E-state index contributed by atoms with van der Waals surface area (Å²) in [7, 11) is 0. The molecule has 2 aliphatic heterocycles. The third kappa shape index (κ3) is 3.18. The van der Waals surface area contributed by atoms with E-state index in [1.54, 1.807) is 18.5 Å². The van der Waals surface area contributed by atoms with Crippen LogP contribution in [0.15, 0.2) is 48.8 Å². The number of pyridine rings is 1. The van der Waals surface area contributed by atoms with Crippen LogP contribution in [0.25, 0.3) is 0 Å². The van der Waals surface area contributed by atoms with Crippen LogP contribution in [-0.4, -0.2) is 27.1 Å². The van der Waals surface area contributed by atoms with Crippen molar-refractivity contribution >= 4 is 0 Å². The van der Waals surface area contributed by atoms with Crippen molar-refractivity contribution in [1.82, 2.24) is 9.88 Å². The predicted octanol–water partition coefficient (Wildman–Crippen LogP) is 3.36. The van der Waals surface area contributed by atoms with E-state index in [-0.39, 0.29) is 0 Å². The molecule has 25 heavy (non-hydrogen) atoms. The lowest BCUT2D eigenvalue weighted by molar-refractivity contribution is -0.100. The Morgan fingerprint density at radius 1 is 1.16 bits per heavy atom. The van der Waals surface area contributed by atoms with Crippen molar-refractivity contribution in [3.63, 3.8) is 0 Å². The van der Waals surface area contributed by atoms with Crippen molar-refractivity contribution < 1.29 is 5.11 Å². The van der Waals surface area contributed by atoms with Gasteiger partial charge < -0.3 is 5.11 Å². The van der Waals surface area contributed by atoms with Gasteiger partial charge in [0.25, 0.3) is 0 Å². The highest BCUT2D eigenvalue weighted by molar-refractivity contribution is 5.33. The first kappa shape index (κ1) is 16.3. The number of hydrogen-bond acceptors (Lipinski definition) is 4. The molecule has 2 aliphatic rings. The standard InChI is InChI=1S/C21H23N3O/c22-12-17-9-18(14-23-13-17)21(25)10-19-7-4-8-20(11-21)24(19)15-16-5-2-1-3-6-16/h1-3,5-6,9,13-14,19-20,25H,4,7-8,10-11,15H2. The Hall–Kier alpha value is -2.22. The SMILES string of the molecule is N#Cc1cncc(C2(O)CC3CCCC(C2)N3Cc2ccccc2)c1. The van der Waals surface area contributed by atoms with E-state index in [1.807, 2.05) is 0 Å². The summed E-state index contributed by atoms with van der Waals surface area (Å²) in [6, 6.07) is 15.3. The lowest BCUT2D eigenvalue weighted by Crippen LogP contribution is -2.56. The van der Waals surface area contributed by atoms with Crippen LogP contribution in [0.2, 0.25) is 0 Å². The maximum absolute atomic E-state index is 11.4. The maximum atomic E-state index is 11.4. The molecule has 4 heteroatoms. The van der Waals surface area contributed by atoms with Crippen LogP contribution in [0.5, 0.6) is 0 Å². The molecule has 1 aromatic heterocycles.